The summed E-state index contributed by atoms with van der Waals surface area (Å²) in [7, 11) is 0. The first kappa shape index (κ1) is 12.8. The lowest BCUT2D eigenvalue weighted by Gasteiger charge is -2.10. The minimum atomic E-state index is -0.0963. The monoisotopic (exact) mass is 237 g/mol. The van der Waals surface area contributed by atoms with Crippen LogP contribution in [0.3, 0.4) is 0 Å². The van der Waals surface area contributed by atoms with Crippen LogP contribution >= 0.6 is 11.8 Å². The Morgan fingerprint density at radius 1 is 1.38 bits per heavy atom. The summed E-state index contributed by atoms with van der Waals surface area (Å²) in [5, 5.41) is 2.68. The lowest BCUT2D eigenvalue weighted by atomic mass is 10.1. The lowest BCUT2D eigenvalue weighted by Crippen LogP contribution is -2.22. The molecule has 0 heterocycles. The number of carbonyl (C=O) groups excluding carboxylic acids is 2. The van der Waals surface area contributed by atoms with Crippen LogP contribution in [-0.4, -0.2) is 23.2 Å². The van der Waals surface area contributed by atoms with Crippen molar-refractivity contribution in [2.24, 2.45) is 0 Å². The lowest BCUT2D eigenvalue weighted by molar-refractivity contribution is -0.115. The Morgan fingerprint density at radius 2 is 2.06 bits per heavy atom. The third-order valence-electron chi connectivity index (χ3n) is 2.26. The molecule has 0 saturated heterocycles. The molecule has 0 radical (unpaired) electrons. The maximum absolute atomic E-state index is 11.6. The van der Waals surface area contributed by atoms with E-state index < -0.39 is 0 Å². The molecule has 4 heteroatoms. The molecule has 0 fully saturated rings. The summed E-state index contributed by atoms with van der Waals surface area (Å²) in [5.74, 6) is -0.0535. The topological polar surface area (TPSA) is 46.2 Å². The highest BCUT2D eigenvalue weighted by atomic mass is 32.2. The van der Waals surface area contributed by atoms with Gasteiger partial charge in [0, 0.05) is 11.3 Å². The molecule has 0 unspecified atom stereocenters. The first-order chi connectivity index (χ1) is 7.54. The van der Waals surface area contributed by atoms with Crippen LogP contribution in [0.1, 0.15) is 24.2 Å². The molecular weight excluding hydrogens is 222 g/mol. The fraction of sp³-hybridized carbons (Fsp3) is 0.333. The van der Waals surface area contributed by atoms with Crippen molar-refractivity contribution in [3.05, 3.63) is 29.8 Å². The van der Waals surface area contributed by atoms with Gasteiger partial charge in [-0.2, -0.15) is 11.8 Å². The van der Waals surface area contributed by atoms with Crippen LogP contribution in [-0.2, 0) is 4.79 Å². The number of carbonyl (C=O) groups is 2. The smallest absolute Gasteiger partial charge is 0.237 e. The van der Waals surface area contributed by atoms with Gasteiger partial charge in [0.15, 0.2) is 5.78 Å². The van der Waals surface area contributed by atoms with Gasteiger partial charge in [-0.25, -0.2) is 0 Å². The number of benzene rings is 1. The molecule has 0 bridgehead atoms. The highest BCUT2D eigenvalue weighted by molar-refractivity contribution is 7.99. The van der Waals surface area contributed by atoms with Gasteiger partial charge < -0.3 is 5.32 Å². The predicted molar refractivity (Wildman–Crippen MR) is 68.1 cm³/mol. The average molecular weight is 237 g/mol. The molecule has 1 atom stereocenters. The molecule has 0 aliphatic heterocycles. The van der Waals surface area contributed by atoms with Crippen molar-refractivity contribution in [1.29, 1.82) is 0 Å². The maximum Gasteiger partial charge on any atom is 0.237 e. The molecule has 1 rings (SSSR count). The van der Waals surface area contributed by atoms with E-state index in [1.54, 1.807) is 24.3 Å². The quantitative estimate of drug-likeness (QED) is 0.819. The molecule has 1 aromatic carbocycles. The van der Waals surface area contributed by atoms with Gasteiger partial charge in [0.25, 0.3) is 0 Å². The largest absolute Gasteiger partial charge is 0.325 e. The Labute approximate surface area is 99.6 Å². The molecule has 0 aromatic heterocycles. The number of hydrogen-bond acceptors (Lipinski definition) is 3. The van der Waals surface area contributed by atoms with Crippen LogP contribution in [0.4, 0.5) is 5.69 Å². The SMILES string of the molecule is CS[C@H](C)C(=O)Nc1cccc(C(C)=O)c1. The summed E-state index contributed by atoms with van der Waals surface area (Å²) in [4.78, 5) is 22.8. The molecule has 0 saturated carbocycles. The Morgan fingerprint density at radius 3 is 2.62 bits per heavy atom. The first-order valence-electron chi connectivity index (χ1n) is 4.99. The number of anilines is 1. The van der Waals surface area contributed by atoms with Gasteiger partial charge in [0.1, 0.15) is 0 Å². The van der Waals surface area contributed by atoms with Crippen LogP contribution in [0.25, 0.3) is 0 Å². The van der Waals surface area contributed by atoms with Crippen LogP contribution < -0.4 is 5.32 Å². The molecule has 0 aliphatic rings. The van der Waals surface area contributed by atoms with E-state index in [2.05, 4.69) is 5.32 Å². The third-order valence-corrected chi connectivity index (χ3v) is 3.18. The van der Waals surface area contributed by atoms with Gasteiger partial charge in [-0.05, 0) is 32.2 Å². The Bertz CT molecular complexity index is 404. The van der Waals surface area contributed by atoms with Crippen LogP contribution in [0.5, 0.6) is 0 Å². The van der Waals surface area contributed by atoms with Crippen molar-refractivity contribution in [2.75, 3.05) is 11.6 Å². The molecule has 1 amide bonds. The van der Waals surface area contributed by atoms with Gasteiger partial charge in [0.2, 0.25) is 5.91 Å². The molecule has 1 aromatic rings. The molecule has 3 nitrogen and oxygen atoms in total. The molecule has 16 heavy (non-hydrogen) atoms. The minimum absolute atomic E-state index is 0.00554. The summed E-state index contributed by atoms with van der Waals surface area (Å²) in [5.41, 5.74) is 1.27. The van der Waals surface area contributed by atoms with Crippen molar-refractivity contribution in [2.45, 2.75) is 19.1 Å². The Kier molecular flexibility index (Phi) is 4.55. The Balaban J connectivity index is 2.78. The van der Waals surface area contributed by atoms with Crippen molar-refractivity contribution < 1.29 is 9.59 Å². The van der Waals surface area contributed by atoms with Gasteiger partial charge in [-0.3, -0.25) is 9.59 Å². The average Bonchev–Trinajstić information content (AvgIpc) is 2.28. The molecule has 0 aliphatic carbocycles. The van der Waals surface area contributed by atoms with Gasteiger partial charge in [-0.15, -0.1) is 0 Å². The molecule has 1 N–H and O–H groups in total. The summed E-state index contributed by atoms with van der Waals surface area (Å²) < 4.78 is 0. The number of thioether (sulfide) groups is 1. The molecule has 0 spiro atoms. The second kappa shape index (κ2) is 5.70. The van der Waals surface area contributed by atoms with Gasteiger partial charge in [0.05, 0.1) is 5.25 Å². The van der Waals surface area contributed by atoms with Gasteiger partial charge in [-0.1, -0.05) is 12.1 Å². The van der Waals surface area contributed by atoms with E-state index in [1.165, 1.54) is 18.7 Å². The number of nitrogens with one attached hydrogen (secondary N) is 1. The zero-order valence-electron chi connectivity index (χ0n) is 9.61. The van der Waals surface area contributed by atoms with Crippen molar-refractivity contribution in [3.8, 4) is 0 Å². The number of hydrogen-bond donors (Lipinski definition) is 1. The highest BCUT2D eigenvalue weighted by Gasteiger charge is 2.11. The second-order valence-corrected chi connectivity index (χ2v) is 4.68. The van der Waals surface area contributed by atoms with E-state index in [9.17, 15) is 9.59 Å². The zero-order valence-corrected chi connectivity index (χ0v) is 10.4. The van der Waals surface area contributed by atoms with Crippen molar-refractivity contribution in [1.82, 2.24) is 0 Å². The third kappa shape index (κ3) is 3.38. The first-order valence-corrected chi connectivity index (χ1v) is 6.28. The predicted octanol–water partition coefficient (Wildman–Crippen LogP) is 2.58. The van der Waals surface area contributed by atoms with Gasteiger partial charge >= 0.3 is 0 Å². The van der Waals surface area contributed by atoms with E-state index in [0.29, 0.717) is 11.3 Å². The Hall–Kier alpha value is -1.29. The van der Waals surface area contributed by atoms with E-state index in [4.69, 9.17) is 0 Å². The molecular formula is C12H15NO2S. The number of Topliss-reactive ketones (excluding diaryl/α,β-unsaturated/α-hetero) is 1. The highest BCUT2D eigenvalue weighted by Crippen LogP contribution is 2.13. The number of rotatable bonds is 4. The van der Waals surface area contributed by atoms with E-state index in [1.807, 2.05) is 13.2 Å². The van der Waals surface area contributed by atoms with Crippen LogP contribution in [0.15, 0.2) is 24.3 Å². The van der Waals surface area contributed by atoms with Crippen LogP contribution in [0.2, 0.25) is 0 Å². The summed E-state index contributed by atoms with van der Waals surface area (Å²) in [6.45, 7) is 3.35. The minimum Gasteiger partial charge on any atom is -0.325 e. The summed E-state index contributed by atoms with van der Waals surface area (Å²) in [6.07, 6.45) is 1.89. The van der Waals surface area contributed by atoms with Crippen molar-refractivity contribution in [3.63, 3.8) is 0 Å². The van der Waals surface area contributed by atoms with Crippen molar-refractivity contribution >= 4 is 29.1 Å². The number of amides is 1. The normalized spacial score (nSPS) is 11.9. The van der Waals surface area contributed by atoms with E-state index in [-0.39, 0.29) is 16.9 Å². The standard InChI is InChI=1S/C12H15NO2S/c1-8(14)10-5-4-6-11(7-10)13-12(15)9(2)16-3/h4-7,9H,1-3H3,(H,13,15)/t9-/m1/s1. The fourth-order valence-corrected chi connectivity index (χ4v) is 1.44. The zero-order chi connectivity index (χ0) is 12.1. The van der Waals surface area contributed by atoms with E-state index >= 15 is 0 Å². The number of ketones is 1. The fourth-order valence-electron chi connectivity index (χ4n) is 1.17. The molecule has 86 valence electrons. The van der Waals surface area contributed by atoms with E-state index in [0.717, 1.165) is 0 Å². The second-order valence-electron chi connectivity index (χ2n) is 3.50. The summed E-state index contributed by atoms with van der Waals surface area (Å²) in [6, 6.07) is 6.96. The van der Waals surface area contributed by atoms with Crippen LogP contribution in [0, 0.1) is 0 Å². The maximum atomic E-state index is 11.6. The summed E-state index contributed by atoms with van der Waals surface area (Å²) >= 11 is 1.48.